The van der Waals surface area contributed by atoms with E-state index in [9.17, 15) is 0 Å². The van der Waals surface area contributed by atoms with Crippen LogP contribution in [0.1, 0.15) is 23.4 Å². The number of aryl methyl sites for hydroxylation is 2. The van der Waals surface area contributed by atoms with Gasteiger partial charge in [-0.3, -0.25) is 0 Å². The first-order valence-corrected chi connectivity index (χ1v) is 6.29. The number of anilines is 1. The summed E-state index contributed by atoms with van der Waals surface area (Å²) in [6, 6.07) is 4.32. The summed E-state index contributed by atoms with van der Waals surface area (Å²) in [5, 5.41) is 4.67. The highest BCUT2D eigenvalue weighted by Gasteiger charge is 2.13. The SMILES string of the molecule is Cc1nc2ccc3c(c2s1)CCCCN3. The third kappa shape index (κ3) is 1.51. The summed E-state index contributed by atoms with van der Waals surface area (Å²) in [5.74, 6) is 0. The molecule has 0 radical (unpaired) electrons. The number of hydrogen-bond donors (Lipinski definition) is 1. The van der Waals surface area contributed by atoms with Gasteiger partial charge < -0.3 is 5.32 Å². The Kier molecular flexibility index (Phi) is 2.13. The van der Waals surface area contributed by atoms with Gasteiger partial charge in [-0.05, 0) is 43.9 Å². The van der Waals surface area contributed by atoms with Crippen LogP contribution < -0.4 is 5.32 Å². The van der Waals surface area contributed by atoms with Crippen molar-refractivity contribution in [3.8, 4) is 0 Å². The molecule has 2 heterocycles. The smallest absolute Gasteiger partial charge is 0.0907 e. The molecule has 0 fully saturated rings. The predicted octanol–water partition coefficient (Wildman–Crippen LogP) is 3.35. The molecule has 3 rings (SSSR count). The summed E-state index contributed by atoms with van der Waals surface area (Å²) in [7, 11) is 0. The number of rotatable bonds is 0. The van der Waals surface area contributed by atoms with Gasteiger partial charge in [0.1, 0.15) is 0 Å². The molecule has 15 heavy (non-hydrogen) atoms. The molecule has 78 valence electrons. The lowest BCUT2D eigenvalue weighted by molar-refractivity contribution is 0.788. The number of benzene rings is 1. The van der Waals surface area contributed by atoms with Gasteiger partial charge >= 0.3 is 0 Å². The van der Waals surface area contributed by atoms with Gasteiger partial charge in [-0.1, -0.05) is 0 Å². The Morgan fingerprint density at radius 2 is 2.27 bits per heavy atom. The summed E-state index contributed by atoms with van der Waals surface area (Å²) in [4.78, 5) is 4.54. The topological polar surface area (TPSA) is 24.9 Å². The van der Waals surface area contributed by atoms with Crippen molar-refractivity contribution in [3.63, 3.8) is 0 Å². The van der Waals surface area contributed by atoms with Crippen LogP contribution in [0.2, 0.25) is 0 Å². The van der Waals surface area contributed by atoms with Crippen molar-refractivity contribution in [2.24, 2.45) is 0 Å². The molecule has 1 aromatic carbocycles. The first-order chi connectivity index (χ1) is 7.34. The zero-order chi connectivity index (χ0) is 10.3. The van der Waals surface area contributed by atoms with Gasteiger partial charge in [-0.15, -0.1) is 11.3 Å². The van der Waals surface area contributed by atoms with Crippen LogP contribution in [0.5, 0.6) is 0 Å². The van der Waals surface area contributed by atoms with Crippen molar-refractivity contribution < 1.29 is 0 Å². The molecule has 0 amide bonds. The Labute approximate surface area is 93.3 Å². The van der Waals surface area contributed by atoms with E-state index < -0.39 is 0 Å². The normalized spacial score (nSPS) is 15.8. The van der Waals surface area contributed by atoms with Crippen LogP contribution in [-0.4, -0.2) is 11.5 Å². The molecule has 1 aliphatic rings. The van der Waals surface area contributed by atoms with Crippen LogP contribution >= 0.6 is 11.3 Å². The van der Waals surface area contributed by atoms with E-state index >= 15 is 0 Å². The minimum absolute atomic E-state index is 1.11. The number of thiazole rings is 1. The predicted molar refractivity (Wildman–Crippen MR) is 65.8 cm³/mol. The fraction of sp³-hybridized carbons (Fsp3) is 0.417. The van der Waals surface area contributed by atoms with Crippen molar-refractivity contribution in [3.05, 3.63) is 22.7 Å². The van der Waals surface area contributed by atoms with Crippen molar-refractivity contribution in [1.29, 1.82) is 0 Å². The molecule has 0 unspecified atom stereocenters. The zero-order valence-corrected chi connectivity index (χ0v) is 9.66. The monoisotopic (exact) mass is 218 g/mol. The Morgan fingerprint density at radius 3 is 3.20 bits per heavy atom. The van der Waals surface area contributed by atoms with Gasteiger partial charge in [0.15, 0.2) is 0 Å². The van der Waals surface area contributed by atoms with E-state index in [0.29, 0.717) is 0 Å². The maximum absolute atomic E-state index is 4.54. The molecule has 0 bridgehead atoms. The molecule has 0 atom stereocenters. The summed E-state index contributed by atoms with van der Waals surface area (Å²) in [6.07, 6.45) is 3.76. The summed E-state index contributed by atoms with van der Waals surface area (Å²) < 4.78 is 1.39. The quantitative estimate of drug-likeness (QED) is 0.733. The van der Waals surface area contributed by atoms with E-state index in [1.54, 1.807) is 0 Å². The Morgan fingerprint density at radius 1 is 1.33 bits per heavy atom. The van der Waals surface area contributed by atoms with Gasteiger partial charge in [0.2, 0.25) is 0 Å². The van der Waals surface area contributed by atoms with Crippen molar-refractivity contribution >= 4 is 27.2 Å². The lowest BCUT2D eigenvalue weighted by atomic mass is 10.1. The lowest BCUT2D eigenvalue weighted by Gasteiger charge is -2.07. The maximum Gasteiger partial charge on any atom is 0.0907 e. The molecule has 1 N–H and O–H groups in total. The zero-order valence-electron chi connectivity index (χ0n) is 8.84. The third-order valence-electron chi connectivity index (χ3n) is 2.94. The standard InChI is InChI=1S/C12H14N2S/c1-8-14-11-6-5-10-9(12(11)15-8)4-2-3-7-13-10/h5-6,13H,2-4,7H2,1H3. The first-order valence-electron chi connectivity index (χ1n) is 5.47. The van der Waals surface area contributed by atoms with Crippen LogP contribution in [-0.2, 0) is 6.42 Å². The second-order valence-corrected chi connectivity index (χ2v) is 5.26. The largest absolute Gasteiger partial charge is 0.385 e. The minimum Gasteiger partial charge on any atom is -0.385 e. The van der Waals surface area contributed by atoms with Gasteiger partial charge in [-0.2, -0.15) is 0 Å². The van der Waals surface area contributed by atoms with E-state index in [1.807, 2.05) is 11.3 Å². The minimum atomic E-state index is 1.11. The van der Waals surface area contributed by atoms with Gasteiger partial charge in [-0.25, -0.2) is 4.98 Å². The highest BCUT2D eigenvalue weighted by atomic mass is 32.1. The maximum atomic E-state index is 4.54. The fourth-order valence-corrected chi connectivity index (χ4v) is 3.21. The van der Waals surface area contributed by atoms with E-state index in [-0.39, 0.29) is 0 Å². The molecular formula is C12H14N2S. The van der Waals surface area contributed by atoms with Gasteiger partial charge in [0.25, 0.3) is 0 Å². The Balaban J connectivity index is 2.26. The van der Waals surface area contributed by atoms with Crippen molar-refractivity contribution in [2.75, 3.05) is 11.9 Å². The fourth-order valence-electron chi connectivity index (χ4n) is 2.22. The van der Waals surface area contributed by atoms with Crippen LogP contribution in [0.25, 0.3) is 10.2 Å². The number of nitrogens with zero attached hydrogens (tertiary/aromatic N) is 1. The number of hydrogen-bond acceptors (Lipinski definition) is 3. The molecule has 2 nitrogen and oxygen atoms in total. The summed E-state index contributed by atoms with van der Waals surface area (Å²) >= 11 is 1.82. The lowest BCUT2D eigenvalue weighted by Crippen LogP contribution is -1.98. The third-order valence-corrected chi connectivity index (χ3v) is 3.98. The molecule has 2 aromatic rings. The molecule has 0 aliphatic carbocycles. The van der Waals surface area contributed by atoms with Crippen LogP contribution in [0.4, 0.5) is 5.69 Å². The Bertz CT molecular complexity index is 502. The first kappa shape index (κ1) is 9.16. The highest BCUT2D eigenvalue weighted by molar-refractivity contribution is 7.18. The van der Waals surface area contributed by atoms with Crippen LogP contribution in [0.15, 0.2) is 12.1 Å². The number of aromatic nitrogens is 1. The van der Waals surface area contributed by atoms with Gasteiger partial charge in [0.05, 0.1) is 15.2 Å². The molecule has 0 saturated heterocycles. The van der Waals surface area contributed by atoms with Crippen molar-refractivity contribution in [2.45, 2.75) is 26.2 Å². The average molecular weight is 218 g/mol. The average Bonchev–Trinajstić information content (AvgIpc) is 2.48. The molecule has 0 saturated carbocycles. The molecule has 0 spiro atoms. The molecule has 3 heteroatoms. The summed E-state index contributed by atoms with van der Waals surface area (Å²) in [6.45, 7) is 3.19. The number of fused-ring (bicyclic) bond motifs is 3. The van der Waals surface area contributed by atoms with Crippen LogP contribution in [0.3, 0.4) is 0 Å². The second-order valence-electron chi connectivity index (χ2n) is 4.06. The van der Waals surface area contributed by atoms with Crippen LogP contribution in [0, 0.1) is 6.92 Å². The highest BCUT2D eigenvalue weighted by Crippen LogP contribution is 2.33. The van der Waals surface area contributed by atoms with E-state index in [0.717, 1.165) is 6.54 Å². The Hall–Kier alpha value is -1.09. The summed E-state index contributed by atoms with van der Waals surface area (Å²) in [5.41, 5.74) is 3.97. The van der Waals surface area contributed by atoms with E-state index in [1.165, 1.54) is 45.7 Å². The van der Waals surface area contributed by atoms with E-state index in [4.69, 9.17) is 0 Å². The second kappa shape index (κ2) is 3.49. The van der Waals surface area contributed by atoms with Crippen molar-refractivity contribution in [1.82, 2.24) is 4.98 Å². The van der Waals surface area contributed by atoms with E-state index in [2.05, 4.69) is 29.4 Å². The van der Waals surface area contributed by atoms with Gasteiger partial charge in [0, 0.05) is 12.2 Å². The molecule has 1 aliphatic heterocycles. The molecule has 1 aromatic heterocycles. The molecular weight excluding hydrogens is 204 g/mol. The number of nitrogens with one attached hydrogen (secondary N) is 1.